The van der Waals surface area contributed by atoms with Gasteiger partial charge in [0.05, 0.1) is 10.6 Å². The second kappa shape index (κ2) is 8.44. The van der Waals surface area contributed by atoms with Crippen molar-refractivity contribution in [2.24, 2.45) is 5.10 Å². The first-order chi connectivity index (χ1) is 12.7. The largest absolute Gasteiger partial charge is 0.477 e. The number of hydrogen-bond acceptors (Lipinski definition) is 5. The van der Waals surface area contributed by atoms with Crippen LogP contribution < -0.4 is 10.2 Å². The number of amides is 1. The number of nitro benzene ring substituents is 1. The molecular formula is C20H23N3O4. The molecule has 0 saturated heterocycles. The fourth-order valence-electron chi connectivity index (χ4n) is 2.33. The first kappa shape index (κ1) is 20.1. The van der Waals surface area contributed by atoms with E-state index < -0.39 is 10.8 Å². The summed E-state index contributed by atoms with van der Waals surface area (Å²) in [6.45, 7) is 7.83. The molecule has 0 atom stereocenters. The van der Waals surface area contributed by atoms with E-state index in [1.54, 1.807) is 13.0 Å². The van der Waals surface area contributed by atoms with Crippen LogP contribution in [0.1, 0.15) is 38.8 Å². The van der Waals surface area contributed by atoms with Crippen LogP contribution in [0.15, 0.2) is 53.6 Å². The maximum Gasteiger partial charge on any atom is 0.310 e. The van der Waals surface area contributed by atoms with Gasteiger partial charge in [-0.25, -0.2) is 5.43 Å². The Bertz CT molecular complexity index is 852. The molecule has 1 amide bonds. The van der Waals surface area contributed by atoms with Gasteiger partial charge in [-0.2, -0.15) is 5.10 Å². The van der Waals surface area contributed by atoms with Gasteiger partial charge >= 0.3 is 5.69 Å². The summed E-state index contributed by atoms with van der Waals surface area (Å²) in [5, 5.41) is 15.0. The van der Waals surface area contributed by atoms with Crippen molar-refractivity contribution in [1.82, 2.24) is 5.43 Å². The maximum absolute atomic E-state index is 11.9. The van der Waals surface area contributed by atoms with Crippen molar-refractivity contribution >= 4 is 17.3 Å². The van der Waals surface area contributed by atoms with Crippen molar-refractivity contribution < 1.29 is 14.5 Å². The smallest absolute Gasteiger partial charge is 0.310 e. The number of rotatable bonds is 6. The number of carbonyl (C=O) groups is 1. The van der Waals surface area contributed by atoms with Gasteiger partial charge in [-0.1, -0.05) is 57.2 Å². The van der Waals surface area contributed by atoms with E-state index in [9.17, 15) is 14.9 Å². The summed E-state index contributed by atoms with van der Waals surface area (Å²) < 4.78 is 5.23. The molecule has 0 saturated carbocycles. The van der Waals surface area contributed by atoms with Crippen LogP contribution in [0.4, 0.5) is 5.69 Å². The molecule has 2 aromatic carbocycles. The number of carbonyl (C=O) groups excluding carboxylic acids is 1. The zero-order chi connectivity index (χ0) is 20.0. The van der Waals surface area contributed by atoms with Gasteiger partial charge in [0.1, 0.15) is 0 Å². The molecule has 27 heavy (non-hydrogen) atoms. The maximum atomic E-state index is 11.9. The van der Waals surface area contributed by atoms with Gasteiger partial charge in [-0.3, -0.25) is 14.9 Å². The third kappa shape index (κ3) is 5.64. The fourth-order valence-corrected chi connectivity index (χ4v) is 2.33. The van der Waals surface area contributed by atoms with E-state index in [-0.39, 0.29) is 23.5 Å². The normalized spacial score (nSPS) is 11.8. The molecule has 2 rings (SSSR count). The predicted octanol–water partition coefficient (Wildman–Crippen LogP) is 3.81. The predicted molar refractivity (Wildman–Crippen MR) is 104 cm³/mol. The summed E-state index contributed by atoms with van der Waals surface area (Å²) in [5.41, 5.74) is 5.02. The molecule has 0 aliphatic rings. The van der Waals surface area contributed by atoms with Crippen LogP contribution in [0.5, 0.6) is 5.75 Å². The summed E-state index contributed by atoms with van der Waals surface area (Å²) in [6.07, 6.45) is 0. The van der Waals surface area contributed by atoms with E-state index in [0.717, 1.165) is 5.56 Å². The number of para-hydroxylation sites is 2. The van der Waals surface area contributed by atoms with Crippen molar-refractivity contribution in [2.75, 3.05) is 6.61 Å². The standard InChI is InChI=1S/C20H23N3O4/c1-14(15-9-11-16(12-10-15)20(2,3)4)21-22-19(24)13-27-18-8-6-5-7-17(18)23(25)26/h5-12H,13H2,1-4H3,(H,22,24)/b21-14-. The van der Waals surface area contributed by atoms with Crippen LogP contribution in [-0.2, 0) is 10.2 Å². The van der Waals surface area contributed by atoms with Gasteiger partial charge in [0.2, 0.25) is 0 Å². The van der Waals surface area contributed by atoms with Crippen LogP contribution in [0, 0.1) is 10.1 Å². The summed E-state index contributed by atoms with van der Waals surface area (Å²) in [4.78, 5) is 22.3. The van der Waals surface area contributed by atoms with E-state index in [0.29, 0.717) is 5.71 Å². The molecule has 0 aromatic heterocycles. The molecule has 7 heteroatoms. The summed E-state index contributed by atoms with van der Waals surface area (Å²) in [6, 6.07) is 13.9. The SMILES string of the molecule is C/C(=N/NC(=O)COc1ccccc1[N+](=O)[O-])c1ccc(C(C)(C)C)cc1. The van der Waals surface area contributed by atoms with Crippen LogP contribution >= 0.6 is 0 Å². The molecule has 0 fully saturated rings. The van der Waals surface area contributed by atoms with Gasteiger partial charge in [0.15, 0.2) is 12.4 Å². The van der Waals surface area contributed by atoms with Crippen LogP contribution in [0.2, 0.25) is 0 Å². The van der Waals surface area contributed by atoms with Crippen molar-refractivity contribution in [3.63, 3.8) is 0 Å². The molecule has 7 nitrogen and oxygen atoms in total. The number of nitrogens with zero attached hydrogens (tertiary/aromatic N) is 2. The van der Waals surface area contributed by atoms with E-state index >= 15 is 0 Å². The van der Waals surface area contributed by atoms with Gasteiger partial charge in [-0.05, 0) is 29.5 Å². The van der Waals surface area contributed by atoms with E-state index in [2.05, 4.69) is 31.3 Å². The third-order valence-electron chi connectivity index (χ3n) is 3.94. The molecule has 0 spiro atoms. The van der Waals surface area contributed by atoms with Gasteiger partial charge in [-0.15, -0.1) is 0 Å². The highest BCUT2D eigenvalue weighted by atomic mass is 16.6. The highest BCUT2D eigenvalue weighted by Crippen LogP contribution is 2.25. The quantitative estimate of drug-likeness (QED) is 0.476. The summed E-state index contributed by atoms with van der Waals surface area (Å²) in [5.74, 6) is -0.463. The molecule has 0 aliphatic heterocycles. The number of hydrazone groups is 1. The van der Waals surface area contributed by atoms with E-state index in [1.165, 1.54) is 23.8 Å². The minimum absolute atomic E-state index is 0.0381. The lowest BCUT2D eigenvalue weighted by Crippen LogP contribution is -2.25. The molecule has 0 bridgehead atoms. The molecular weight excluding hydrogens is 346 g/mol. The zero-order valence-electron chi connectivity index (χ0n) is 15.9. The second-order valence-corrected chi connectivity index (χ2v) is 7.07. The average Bonchev–Trinajstić information content (AvgIpc) is 2.64. The Morgan fingerprint density at radius 3 is 2.37 bits per heavy atom. The number of ether oxygens (including phenoxy) is 1. The topological polar surface area (TPSA) is 93.8 Å². The Labute approximate surface area is 158 Å². The molecule has 1 N–H and O–H groups in total. The van der Waals surface area contributed by atoms with Crippen LogP contribution in [-0.4, -0.2) is 23.1 Å². The number of nitro groups is 1. The average molecular weight is 369 g/mol. The van der Waals surface area contributed by atoms with E-state index in [1.807, 2.05) is 24.3 Å². The lowest BCUT2D eigenvalue weighted by molar-refractivity contribution is -0.385. The summed E-state index contributed by atoms with van der Waals surface area (Å²) in [7, 11) is 0. The monoisotopic (exact) mass is 369 g/mol. The molecule has 0 heterocycles. The van der Waals surface area contributed by atoms with Crippen molar-refractivity contribution in [2.45, 2.75) is 33.1 Å². The third-order valence-corrected chi connectivity index (χ3v) is 3.94. The lowest BCUT2D eigenvalue weighted by Gasteiger charge is -2.19. The Morgan fingerprint density at radius 1 is 1.15 bits per heavy atom. The highest BCUT2D eigenvalue weighted by molar-refractivity contribution is 5.99. The summed E-state index contributed by atoms with van der Waals surface area (Å²) >= 11 is 0. The number of nitrogens with one attached hydrogen (secondary N) is 1. The van der Waals surface area contributed by atoms with Crippen molar-refractivity contribution in [3.05, 3.63) is 69.8 Å². The van der Waals surface area contributed by atoms with Gasteiger partial charge in [0.25, 0.3) is 5.91 Å². The number of benzene rings is 2. The van der Waals surface area contributed by atoms with Gasteiger partial charge in [0, 0.05) is 6.07 Å². The first-order valence-corrected chi connectivity index (χ1v) is 8.49. The Kier molecular flexibility index (Phi) is 6.28. The molecule has 142 valence electrons. The second-order valence-electron chi connectivity index (χ2n) is 7.07. The molecule has 0 unspecified atom stereocenters. The minimum atomic E-state index is -0.559. The zero-order valence-corrected chi connectivity index (χ0v) is 15.9. The number of hydrogen-bond donors (Lipinski definition) is 1. The molecule has 0 radical (unpaired) electrons. The van der Waals surface area contributed by atoms with Gasteiger partial charge < -0.3 is 4.74 Å². The van der Waals surface area contributed by atoms with Crippen LogP contribution in [0.25, 0.3) is 0 Å². The Morgan fingerprint density at radius 2 is 1.78 bits per heavy atom. The highest BCUT2D eigenvalue weighted by Gasteiger charge is 2.15. The lowest BCUT2D eigenvalue weighted by atomic mass is 9.86. The Hall–Kier alpha value is -3.22. The Balaban J connectivity index is 1.95. The first-order valence-electron chi connectivity index (χ1n) is 8.49. The van der Waals surface area contributed by atoms with Crippen LogP contribution in [0.3, 0.4) is 0 Å². The molecule has 2 aromatic rings. The van der Waals surface area contributed by atoms with E-state index in [4.69, 9.17) is 4.74 Å². The molecule has 0 aliphatic carbocycles. The fraction of sp³-hybridized carbons (Fsp3) is 0.300. The van der Waals surface area contributed by atoms with Crippen molar-refractivity contribution in [1.29, 1.82) is 0 Å². The van der Waals surface area contributed by atoms with Crippen molar-refractivity contribution in [3.8, 4) is 5.75 Å². The minimum Gasteiger partial charge on any atom is -0.477 e.